The minimum absolute atomic E-state index is 0.0177. The van der Waals surface area contributed by atoms with E-state index < -0.39 is 12.6 Å². The standard InChI is InChI=1S/C10H16N2O5/c1-7(13)11-8-2-3-12(4-8)9(14)5-17-6-10(15)16/h8H,2-6H2,1H3,(H,11,13)(H,15,16). The molecule has 0 radical (unpaired) electrons. The minimum atomic E-state index is -1.10. The summed E-state index contributed by atoms with van der Waals surface area (Å²) in [7, 11) is 0. The monoisotopic (exact) mass is 244 g/mol. The molecule has 0 aromatic carbocycles. The molecule has 1 aliphatic rings. The van der Waals surface area contributed by atoms with Gasteiger partial charge in [-0.25, -0.2) is 4.79 Å². The highest BCUT2D eigenvalue weighted by Gasteiger charge is 2.26. The number of carboxylic acids is 1. The SMILES string of the molecule is CC(=O)NC1CCN(C(=O)COCC(=O)O)C1. The molecule has 0 aromatic rings. The molecule has 2 amide bonds. The largest absolute Gasteiger partial charge is 0.480 e. The number of nitrogens with one attached hydrogen (secondary N) is 1. The topological polar surface area (TPSA) is 95.9 Å². The summed E-state index contributed by atoms with van der Waals surface area (Å²) in [5, 5.41) is 11.1. The van der Waals surface area contributed by atoms with Crippen LogP contribution >= 0.6 is 0 Å². The van der Waals surface area contributed by atoms with Crippen molar-refractivity contribution in [2.24, 2.45) is 0 Å². The molecule has 7 heteroatoms. The maximum atomic E-state index is 11.6. The van der Waals surface area contributed by atoms with Crippen molar-refractivity contribution in [3.8, 4) is 0 Å². The highest BCUT2D eigenvalue weighted by molar-refractivity contribution is 5.78. The van der Waals surface area contributed by atoms with Gasteiger partial charge in [0.25, 0.3) is 0 Å². The lowest BCUT2D eigenvalue weighted by Crippen LogP contribution is -2.38. The smallest absolute Gasteiger partial charge is 0.329 e. The number of amides is 2. The van der Waals surface area contributed by atoms with Crippen molar-refractivity contribution in [3.63, 3.8) is 0 Å². The summed E-state index contributed by atoms with van der Waals surface area (Å²) in [5.74, 6) is -1.47. The third-order valence-corrected chi connectivity index (χ3v) is 2.40. The van der Waals surface area contributed by atoms with Crippen molar-refractivity contribution < 1.29 is 24.2 Å². The maximum Gasteiger partial charge on any atom is 0.329 e. The van der Waals surface area contributed by atoms with Crippen LogP contribution in [0, 0.1) is 0 Å². The van der Waals surface area contributed by atoms with Crippen molar-refractivity contribution in [1.29, 1.82) is 0 Å². The number of carboxylic acid groups (broad SMARTS) is 1. The lowest BCUT2D eigenvalue weighted by Gasteiger charge is -2.16. The molecule has 1 unspecified atom stereocenters. The van der Waals surface area contributed by atoms with E-state index in [1.54, 1.807) is 4.90 Å². The van der Waals surface area contributed by atoms with E-state index in [1.165, 1.54) is 6.92 Å². The quantitative estimate of drug-likeness (QED) is 0.635. The van der Waals surface area contributed by atoms with Gasteiger partial charge >= 0.3 is 5.97 Å². The Morgan fingerprint density at radius 2 is 2.12 bits per heavy atom. The molecule has 0 spiro atoms. The van der Waals surface area contributed by atoms with Crippen molar-refractivity contribution >= 4 is 17.8 Å². The van der Waals surface area contributed by atoms with Crippen LogP contribution in [-0.2, 0) is 19.1 Å². The second-order valence-corrected chi connectivity index (χ2v) is 3.91. The number of nitrogens with zero attached hydrogens (tertiary/aromatic N) is 1. The molecule has 0 aliphatic carbocycles. The van der Waals surface area contributed by atoms with Gasteiger partial charge in [-0.3, -0.25) is 9.59 Å². The van der Waals surface area contributed by atoms with E-state index in [0.29, 0.717) is 19.5 Å². The van der Waals surface area contributed by atoms with E-state index in [4.69, 9.17) is 9.84 Å². The van der Waals surface area contributed by atoms with Crippen LogP contribution in [0.15, 0.2) is 0 Å². The molecule has 96 valence electrons. The molecule has 1 fully saturated rings. The number of hydrogen-bond donors (Lipinski definition) is 2. The fourth-order valence-corrected chi connectivity index (χ4v) is 1.71. The third kappa shape index (κ3) is 4.81. The van der Waals surface area contributed by atoms with Crippen molar-refractivity contribution in [2.45, 2.75) is 19.4 Å². The zero-order valence-electron chi connectivity index (χ0n) is 9.64. The Bertz CT molecular complexity index is 318. The Hall–Kier alpha value is -1.63. The molecule has 1 atom stereocenters. The number of likely N-dealkylation sites (tertiary alicyclic amines) is 1. The van der Waals surface area contributed by atoms with Crippen LogP contribution < -0.4 is 5.32 Å². The summed E-state index contributed by atoms with van der Waals surface area (Å²) in [5.41, 5.74) is 0. The zero-order valence-corrected chi connectivity index (χ0v) is 9.64. The van der Waals surface area contributed by atoms with Gasteiger partial charge in [-0.1, -0.05) is 0 Å². The van der Waals surface area contributed by atoms with Gasteiger partial charge in [-0.05, 0) is 6.42 Å². The predicted octanol–water partition coefficient (Wildman–Crippen LogP) is -1.18. The normalized spacial score (nSPS) is 19.1. The van der Waals surface area contributed by atoms with E-state index in [1.807, 2.05) is 0 Å². The van der Waals surface area contributed by atoms with Crippen molar-refractivity contribution in [1.82, 2.24) is 10.2 Å². The average Bonchev–Trinajstić information content (AvgIpc) is 2.64. The number of carbonyl (C=O) groups excluding carboxylic acids is 2. The fourth-order valence-electron chi connectivity index (χ4n) is 1.71. The first-order chi connectivity index (χ1) is 7.99. The first-order valence-electron chi connectivity index (χ1n) is 5.33. The summed E-state index contributed by atoms with van der Waals surface area (Å²) >= 11 is 0. The average molecular weight is 244 g/mol. The molecule has 7 nitrogen and oxygen atoms in total. The van der Waals surface area contributed by atoms with E-state index in [2.05, 4.69) is 5.32 Å². The summed E-state index contributed by atoms with van der Waals surface area (Å²) in [6, 6.07) is -0.0177. The van der Waals surface area contributed by atoms with Crippen molar-refractivity contribution in [2.75, 3.05) is 26.3 Å². The summed E-state index contributed by atoms with van der Waals surface area (Å²) in [6.45, 7) is 1.73. The Morgan fingerprint density at radius 3 is 2.71 bits per heavy atom. The second-order valence-electron chi connectivity index (χ2n) is 3.91. The number of aliphatic carboxylic acids is 1. The van der Waals surface area contributed by atoms with Crippen LogP contribution in [0.25, 0.3) is 0 Å². The van der Waals surface area contributed by atoms with E-state index in [0.717, 1.165) is 0 Å². The van der Waals surface area contributed by atoms with E-state index in [-0.39, 0.29) is 24.5 Å². The highest BCUT2D eigenvalue weighted by Crippen LogP contribution is 2.09. The number of hydrogen-bond acceptors (Lipinski definition) is 4. The molecule has 2 N–H and O–H groups in total. The van der Waals surface area contributed by atoms with Gasteiger partial charge in [0.1, 0.15) is 13.2 Å². The Morgan fingerprint density at radius 1 is 1.41 bits per heavy atom. The van der Waals surface area contributed by atoms with Crippen molar-refractivity contribution in [3.05, 3.63) is 0 Å². The second kappa shape index (κ2) is 6.19. The molecule has 1 heterocycles. The van der Waals surface area contributed by atoms with Gasteiger partial charge in [0.2, 0.25) is 11.8 Å². The molecular weight excluding hydrogens is 228 g/mol. The van der Waals surface area contributed by atoms with Crippen LogP contribution in [0.2, 0.25) is 0 Å². The Kier molecular flexibility index (Phi) is 4.89. The fraction of sp³-hybridized carbons (Fsp3) is 0.700. The highest BCUT2D eigenvalue weighted by atomic mass is 16.5. The zero-order chi connectivity index (χ0) is 12.8. The molecule has 17 heavy (non-hydrogen) atoms. The predicted molar refractivity (Wildman–Crippen MR) is 57.3 cm³/mol. The summed E-state index contributed by atoms with van der Waals surface area (Å²) < 4.78 is 4.71. The van der Waals surface area contributed by atoms with E-state index in [9.17, 15) is 14.4 Å². The Balaban J connectivity index is 2.25. The van der Waals surface area contributed by atoms with Gasteiger partial charge in [-0.15, -0.1) is 0 Å². The van der Waals surface area contributed by atoms with Crippen LogP contribution in [0.3, 0.4) is 0 Å². The van der Waals surface area contributed by atoms with Crippen LogP contribution in [0.1, 0.15) is 13.3 Å². The van der Waals surface area contributed by atoms with E-state index >= 15 is 0 Å². The molecule has 0 bridgehead atoms. The van der Waals surface area contributed by atoms with Crippen LogP contribution in [0.5, 0.6) is 0 Å². The molecular formula is C10H16N2O5. The lowest BCUT2D eigenvalue weighted by atomic mass is 10.3. The lowest BCUT2D eigenvalue weighted by molar-refractivity contribution is -0.145. The molecule has 1 aliphatic heterocycles. The first kappa shape index (κ1) is 13.4. The number of carbonyl (C=O) groups is 3. The van der Waals surface area contributed by atoms with Gasteiger partial charge in [-0.2, -0.15) is 0 Å². The first-order valence-corrected chi connectivity index (χ1v) is 5.33. The van der Waals surface area contributed by atoms with Gasteiger partial charge in [0.05, 0.1) is 0 Å². The summed E-state index contributed by atoms with van der Waals surface area (Å²) in [4.78, 5) is 34.1. The minimum Gasteiger partial charge on any atom is -0.480 e. The van der Waals surface area contributed by atoms with Crippen LogP contribution in [-0.4, -0.2) is 60.1 Å². The summed E-state index contributed by atoms with van der Waals surface area (Å²) in [6.07, 6.45) is 0.713. The van der Waals surface area contributed by atoms with Crippen LogP contribution in [0.4, 0.5) is 0 Å². The maximum absolute atomic E-state index is 11.6. The molecule has 0 saturated carbocycles. The molecule has 1 rings (SSSR count). The van der Waals surface area contributed by atoms with Gasteiger partial charge in [0.15, 0.2) is 0 Å². The third-order valence-electron chi connectivity index (χ3n) is 2.40. The van der Waals surface area contributed by atoms with Gasteiger partial charge in [0, 0.05) is 26.1 Å². The number of ether oxygens (including phenoxy) is 1. The number of rotatable bonds is 5. The van der Waals surface area contributed by atoms with Gasteiger partial charge < -0.3 is 20.1 Å². The molecule has 1 saturated heterocycles. The molecule has 0 aromatic heterocycles. The Labute approximate surface area is 98.7 Å².